The van der Waals surface area contributed by atoms with Crippen molar-refractivity contribution in [2.24, 2.45) is 13.0 Å². The van der Waals surface area contributed by atoms with Gasteiger partial charge in [0.15, 0.2) is 5.82 Å². The SMILES string of the molecule is Cn1nnnc1-c1cccc(C(=O)N2CCC(Cc3ccccc3)CC2)c1. The minimum absolute atomic E-state index is 0.0881. The summed E-state index contributed by atoms with van der Waals surface area (Å²) < 4.78 is 1.61. The van der Waals surface area contributed by atoms with Crippen LogP contribution < -0.4 is 0 Å². The Morgan fingerprint density at radius 3 is 2.56 bits per heavy atom. The highest BCUT2D eigenvalue weighted by molar-refractivity contribution is 5.95. The van der Waals surface area contributed by atoms with Gasteiger partial charge in [0.05, 0.1) is 0 Å². The van der Waals surface area contributed by atoms with Crippen LogP contribution in [0.1, 0.15) is 28.8 Å². The van der Waals surface area contributed by atoms with E-state index in [2.05, 4.69) is 45.9 Å². The van der Waals surface area contributed by atoms with Crippen LogP contribution in [0.3, 0.4) is 0 Å². The van der Waals surface area contributed by atoms with E-state index < -0.39 is 0 Å². The van der Waals surface area contributed by atoms with E-state index in [1.165, 1.54) is 5.56 Å². The van der Waals surface area contributed by atoms with Crippen LogP contribution in [-0.2, 0) is 13.5 Å². The lowest BCUT2D eigenvalue weighted by Gasteiger charge is -2.32. The molecule has 1 aliphatic rings. The molecule has 1 fully saturated rings. The molecule has 0 N–H and O–H groups in total. The molecule has 2 aromatic carbocycles. The second-order valence-corrected chi connectivity index (χ2v) is 7.13. The van der Waals surface area contributed by atoms with E-state index in [9.17, 15) is 4.79 Å². The van der Waals surface area contributed by atoms with Gasteiger partial charge in [0.2, 0.25) is 0 Å². The van der Waals surface area contributed by atoms with Gasteiger partial charge >= 0.3 is 0 Å². The van der Waals surface area contributed by atoms with Crippen LogP contribution in [0, 0.1) is 5.92 Å². The first-order valence-electron chi connectivity index (χ1n) is 9.36. The Labute approximate surface area is 158 Å². The number of amides is 1. The quantitative estimate of drug-likeness (QED) is 0.717. The lowest BCUT2D eigenvalue weighted by atomic mass is 9.90. The summed E-state index contributed by atoms with van der Waals surface area (Å²) in [4.78, 5) is 14.9. The molecular weight excluding hydrogens is 338 g/mol. The molecule has 1 saturated heterocycles. The van der Waals surface area contributed by atoms with Crippen LogP contribution in [0.15, 0.2) is 54.6 Å². The lowest BCUT2D eigenvalue weighted by Crippen LogP contribution is -2.38. The average molecular weight is 361 g/mol. The second-order valence-electron chi connectivity index (χ2n) is 7.13. The fourth-order valence-electron chi connectivity index (χ4n) is 3.74. The maximum atomic E-state index is 12.9. The Hall–Kier alpha value is -3.02. The molecule has 27 heavy (non-hydrogen) atoms. The van der Waals surface area contributed by atoms with Crippen LogP contribution in [0.25, 0.3) is 11.4 Å². The normalized spacial score (nSPS) is 15.1. The molecule has 6 heteroatoms. The van der Waals surface area contributed by atoms with Gasteiger partial charge in [-0.25, -0.2) is 4.68 Å². The van der Waals surface area contributed by atoms with Gasteiger partial charge in [-0.1, -0.05) is 42.5 Å². The average Bonchev–Trinajstić information content (AvgIpc) is 3.15. The van der Waals surface area contributed by atoms with Crippen molar-refractivity contribution in [1.82, 2.24) is 25.1 Å². The molecule has 6 nitrogen and oxygen atoms in total. The first-order valence-corrected chi connectivity index (χ1v) is 9.36. The summed E-state index contributed by atoms with van der Waals surface area (Å²) in [5.74, 6) is 1.39. The summed E-state index contributed by atoms with van der Waals surface area (Å²) in [6, 6.07) is 18.2. The lowest BCUT2D eigenvalue weighted by molar-refractivity contribution is 0.0690. The maximum Gasteiger partial charge on any atom is 0.253 e. The number of hydrogen-bond donors (Lipinski definition) is 0. The maximum absolute atomic E-state index is 12.9. The van der Waals surface area contributed by atoms with Gasteiger partial charge in [0.1, 0.15) is 0 Å². The van der Waals surface area contributed by atoms with Crippen LogP contribution in [0.4, 0.5) is 0 Å². The Balaban J connectivity index is 1.40. The van der Waals surface area contributed by atoms with Crippen LogP contribution in [0.5, 0.6) is 0 Å². The monoisotopic (exact) mass is 361 g/mol. The fraction of sp³-hybridized carbons (Fsp3) is 0.333. The summed E-state index contributed by atoms with van der Waals surface area (Å²) in [6.07, 6.45) is 3.19. The molecule has 0 unspecified atom stereocenters. The van der Waals surface area contributed by atoms with E-state index in [0.717, 1.165) is 37.9 Å². The Kier molecular flexibility index (Phi) is 4.96. The fourth-order valence-corrected chi connectivity index (χ4v) is 3.74. The molecule has 4 rings (SSSR count). The molecule has 2 heterocycles. The minimum Gasteiger partial charge on any atom is -0.339 e. The zero-order valence-electron chi connectivity index (χ0n) is 15.5. The van der Waals surface area contributed by atoms with Gasteiger partial charge in [-0.15, -0.1) is 5.10 Å². The van der Waals surface area contributed by atoms with Gasteiger partial charge in [0, 0.05) is 31.3 Å². The largest absolute Gasteiger partial charge is 0.339 e. The molecule has 0 atom stereocenters. The number of benzene rings is 2. The Morgan fingerprint density at radius 2 is 1.85 bits per heavy atom. The van der Waals surface area contributed by atoms with E-state index in [1.54, 1.807) is 11.7 Å². The number of aromatic nitrogens is 4. The van der Waals surface area contributed by atoms with E-state index in [-0.39, 0.29) is 5.91 Å². The Morgan fingerprint density at radius 1 is 1.07 bits per heavy atom. The number of carbonyl (C=O) groups excluding carboxylic acids is 1. The number of likely N-dealkylation sites (tertiary alicyclic amines) is 1. The molecule has 1 amide bonds. The summed E-state index contributed by atoms with van der Waals surface area (Å²) >= 11 is 0. The summed E-state index contributed by atoms with van der Waals surface area (Å²) in [6.45, 7) is 1.62. The van der Waals surface area contributed by atoms with Crippen molar-refractivity contribution in [1.29, 1.82) is 0 Å². The number of carbonyl (C=O) groups is 1. The number of piperidine rings is 1. The first-order chi connectivity index (χ1) is 13.2. The zero-order chi connectivity index (χ0) is 18.6. The van der Waals surface area contributed by atoms with Crippen molar-refractivity contribution < 1.29 is 4.79 Å². The third-order valence-corrected chi connectivity index (χ3v) is 5.26. The predicted octanol–water partition coefficient (Wildman–Crippen LogP) is 2.97. The molecule has 138 valence electrons. The van der Waals surface area contributed by atoms with E-state index in [4.69, 9.17) is 0 Å². The van der Waals surface area contributed by atoms with E-state index in [1.807, 2.05) is 29.2 Å². The molecule has 1 aromatic heterocycles. The smallest absolute Gasteiger partial charge is 0.253 e. The molecule has 3 aromatic rings. The topological polar surface area (TPSA) is 63.9 Å². The van der Waals surface area contributed by atoms with Crippen molar-refractivity contribution >= 4 is 5.91 Å². The van der Waals surface area contributed by atoms with Gasteiger partial charge in [0.25, 0.3) is 5.91 Å². The molecule has 0 spiro atoms. The van der Waals surface area contributed by atoms with Crippen LogP contribution in [0.2, 0.25) is 0 Å². The number of rotatable bonds is 4. The van der Waals surface area contributed by atoms with Crippen molar-refractivity contribution in [3.63, 3.8) is 0 Å². The van der Waals surface area contributed by atoms with Crippen LogP contribution in [-0.4, -0.2) is 44.1 Å². The van der Waals surface area contributed by atoms with E-state index in [0.29, 0.717) is 17.3 Å². The highest BCUT2D eigenvalue weighted by Crippen LogP contribution is 2.24. The molecule has 0 aliphatic carbocycles. The highest BCUT2D eigenvalue weighted by atomic mass is 16.2. The van der Waals surface area contributed by atoms with Crippen molar-refractivity contribution in [2.45, 2.75) is 19.3 Å². The van der Waals surface area contributed by atoms with Gasteiger partial charge in [-0.3, -0.25) is 4.79 Å². The van der Waals surface area contributed by atoms with Gasteiger partial charge in [-0.05, 0) is 53.3 Å². The van der Waals surface area contributed by atoms with Crippen LogP contribution >= 0.6 is 0 Å². The van der Waals surface area contributed by atoms with E-state index >= 15 is 0 Å². The van der Waals surface area contributed by atoms with Gasteiger partial charge < -0.3 is 4.90 Å². The predicted molar refractivity (Wildman–Crippen MR) is 103 cm³/mol. The number of tetrazole rings is 1. The minimum atomic E-state index is 0.0881. The summed E-state index contributed by atoms with van der Waals surface area (Å²) in [5.41, 5.74) is 2.93. The third kappa shape index (κ3) is 3.89. The van der Waals surface area contributed by atoms with Crippen molar-refractivity contribution in [3.05, 3.63) is 65.7 Å². The third-order valence-electron chi connectivity index (χ3n) is 5.26. The molecule has 0 bridgehead atoms. The van der Waals surface area contributed by atoms with Gasteiger partial charge in [-0.2, -0.15) is 0 Å². The summed E-state index contributed by atoms with van der Waals surface area (Å²) in [7, 11) is 1.79. The molecule has 1 aliphatic heterocycles. The standard InChI is InChI=1S/C21H23N5O/c1-25-20(22-23-24-25)18-8-5-9-19(15-18)21(27)26-12-10-17(11-13-26)14-16-6-3-2-4-7-16/h2-9,15,17H,10-14H2,1H3. The number of aryl methyl sites for hydroxylation is 1. The second kappa shape index (κ2) is 7.70. The number of nitrogens with zero attached hydrogens (tertiary/aromatic N) is 5. The molecular formula is C21H23N5O. The summed E-state index contributed by atoms with van der Waals surface area (Å²) in [5, 5.41) is 11.6. The molecule has 0 saturated carbocycles. The van der Waals surface area contributed by atoms with Crippen molar-refractivity contribution in [3.8, 4) is 11.4 Å². The number of hydrogen-bond acceptors (Lipinski definition) is 4. The first kappa shape index (κ1) is 17.4. The van der Waals surface area contributed by atoms with Crippen molar-refractivity contribution in [2.75, 3.05) is 13.1 Å². The molecule has 0 radical (unpaired) electrons. The zero-order valence-corrected chi connectivity index (χ0v) is 15.5. The highest BCUT2D eigenvalue weighted by Gasteiger charge is 2.24. The Bertz CT molecular complexity index is 913.